The highest BCUT2D eigenvalue weighted by Crippen LogP contribution is 2.13. The molecule has 0 saturated carbocycles. The van der Waals surface area contributed by atoms with Gasteiger partial charge in [0.05, 0.1) is 36.3 Å². The minimum atomic E-state index is -0.191. The fourth-order valence-corrected chi connectivity index (χ4v) is 1.78. The molecule has 0 saturated heterocycles. The Labute approximate surface area is 128 Å². The predicted molar refractivity (Wildman–Crippen MR) is 81.1 cm³/mol. The van der Waals surface area contributed by atoms with Gasteiger partial charge in [-0.25, -0.2) is 0 Å². The summed E-state index contributed by atoms with van der Waals surface area (Å²) < 4.78 is 5.44. The quantitative estimate of drug-likeness (QED) is 0.917. The number of carbonyl (C=O) groups excluding carboxylic acids is 1. The third kappa shape index (κ3) is 4.36. The summed E-state index contributed by atoms with van der Waals surface area (Å²) in [6.45, 7) is 0.232. The summed E-state index contributed by atoms with van der Waals surface area (Å²) in [6, 6.07) is 17.4. The van der Waals surface area contributed by atoms with Crippen molar-refractivity contribution in [2.45, 2.75) is 6.42 Å². The number of nitrogens with one attached hydrogen (secondary N) is 1. The fraction of sp³-hybridized carbons (Fsp3) is 0.118. The molecular formula is C17H13N3O2. The van der Waals surface area contributed by atoms with E-state index in [4.69, 9.17) is 15.3 Å². The molecule has 2 aromatic carbocycles. The van der Waals surface area contributed by atoms with Crippen molar-refractivity contribution in [2.24, 2.45) is 0 Å². The number of carbonyl (C=O) groups is 1. The maximum absolute atomic E-state index is 11.8. The average Bonchev–Trinajstić information content (AvgIpc) is 2.55. The Morgan fingerprint density at radius 1 is 1.05 bits per heavy atom. The van der Waals surface area contributed by atoms with Crippen molar-refractivity contribution in [3.05, 3.63) is 59.7 Å². The number of anilines is 1. The first-order valence-electron chi connectivity index (χ1n) is 6.64. The van der Waals surface area contributed by atoms with Gasteiger partial charge in [0, 0.05) is 5.69 Å². The standard InChI is InChI=1S/C17H13N3O2/c18-11-13-4-6-16(7-5-13)22-9-8-17(21)20-15-3-1-2-14(10-15)12-19/h1-7,10H,8-9H2,(H,20,21). The molecule has 22 heavy (non-hydrogen) atoms. The molecule has 0 radical (unpaired) electrons. The Balaban J connectivity index is 1.80. The lowest BCUT2D eigenvalue weighted by atomic mass is 10.2. The summed E-state index contributed by atoms with van der Waals surface area (Å²) in [6.07, 6.45) is 0.191. The topological polar surface area (TPSA) is 85.9 Å². The van der Waals surface area contributed by atoms with E-state index in [-0.39, 0.29) is 18.9 Å². The number of benzene rings is 2. The zero-order valence-corrected chi connectivity index (χ0v) is 11.7. The van der Waals surface area contributed by atoms with Gasteiger partial charge >= 0.3 is 0 Å². The van der Waals surface area contributed by atoms with Gasteiger partial charge in [0.2, 0.25) is 5.91 Å². The molecular weight excluding hydrogens is 278 g/mol. The Bertz CT molecular complexity index is 740. The maximum atomic E-state index is 11.8. The van der Waals surface area contributed by atoms with Crippen LogP contribution in [0.15, 0.2) is 48.5 Å². The molecule has 2 rings (SSSR count). The van der Waals surface area contributed by atoms with Gasteiger partial charge in [-0.1, -0.05) is 6.07 Å². The lowest BCUT2D eigenvalue weighted by Crippen LogP contribution is -2.15. The summed E-state index contributed by atoms with van der Waals surface area (Å²) in [4.78, 5) is 11.8. The van der Waals surface area contributed by atoms with Gasteiger partial charge < -0.3 is 10.1 Å². The Morgan fingerprint density at radius 2 is 1.77 bits per heavy atom. The van der Waals surface area contributed by atoms with Gasteiger partial charge in [-0.3, -0.25) is 4.79 Å². The van der Waals surface area contributed by atoms with Gasteiger partial charge in [0.15, 0.2) is 0 Å². The van der Waals surface area contributed by atoms with E-state index in [2.05, 4.69) is 5.32 Å². The van der Waals surface area contributed by atoms with Crippen LogP contribution in [-0.4, -0.2) is 12.5 Å². The third-order valence-electron chi connectivity index (χ3n) is 2.86. The second kappa shape index (κ2) is 7.47. The molecule has 0 aliphatic heterocycles. The van der Waals surface area contributed by atoms with Gasteiger partial charge in [-0.2, -0.15) is 10.5 Å². The van der Waals surface area contributed by atoms with Crippen LogP contribution in [0.3, 0.4) is 0 Å². The van der Waals surface area contributed by atoms with Gasteiger partial charge in [-0.15, -0.1) is 0 Å². The van der Waals surface area contributed by atoms with Crippen molar-refractivity contribution >= 4 is 11.6 Å². The molecule has 0 bridgehead atoms. The zero-order chi connectivity index (χ0) is 15.8. The molecule has 0 unspecified atom stereocenters. The summed E-state index contributed by atoms with van der Waals surface area (Å²) >= 11 is 0. The Morgan fingerprint density at radius 3 is 2.45 bits per heavy atom. The number of nitriles is 2. The van der Waals surface area contributed by atoms with Crippen LogP contribution in [0.1, 0.15) is 17.5 Å². The summed E-state index contributed by atoms with van der Waals surface area (Å²) in [7, 11) is 0. The highest BCUT2D eigenvalue weighted by molar-refractivity contribution is 5.90. The monoisotopic (exact) mass is 291 g/mol. The third-order valence-corrected chi connectivity index (χ3v) is 2.86. The number of hydrogen-bond donors (Lipinski definition) is 1. The fourth-order valence-electron chi connectivity index (χ4n) is 1.78. The zero-order valence-electron chi connectivity index (χ0n) is 11.7. The van der Waals surface area contributed by atoms with Gasteiger partial charge in [0.1, 0.15) is 5.75 Å². The van der Waals surface area contributed by atoms with Crippen molar-refractivity contribution in [2.75, 3.05) is 11.9 Å². The van der Waals surface area contributed by atoms with E-state index in [1.807, 2.05) is 12.1 Å². The van der Waals surface area contributed by atoms with Crippen LogP contribution in [0.5, 0.6) is 5.75 Å². The number of nitrogens with zero attached hydrogens (tertiary/aromatic N) is 2. The Kier molecular flexibility index (Phi) is 5.12. The molecule has 0 aliphatic carbocycles. The van der Waals surface area contributed by atoms with Crippen LogP contribution in [0, 0.1) is 22.7 Å². The average molecular weight is 291 g/mol. The van der Waals surface area contributed by atoms with E-state index < -0.39 is 0 Å². The van der Waals surface area contributed by atoms with Crippen LogP contribution in [0.2, 0.25) is 0 Å². The minimum absolute atomic E-state index is 0.191. The molecule has 0 atom stereocenters. The molecule has 2 aromatic rings. The van der Waals surface area contributed by atoms with Crippen LogP contribution >= 0.6 is 0 Å². The van der Waals surface area contributed by atoms with E-state index in [1.165, 1.54) is 0 Å². The molecule has 5 heteroatoms. The highest BCUT2D eigenvalue weighted by Gasteiger charge is 2.04. The first-order chi connectivity index (χ1) is 10.7. The SMILES string of the molecule is N#Cc1ccc(OCCC(=O)Nc2cccc(C#N)c2)cc1. The summed E-state index contributed by atoms with van der Waals surface area (Å²) in [5, 5.41) is 20.2. The van der Waals surface area contributed by atoms with Crippen LogP contribution in [0.25, 0.3) is 0 Å². The summed E-state index contributed by atoms with van der Waals surface area (Å²) in [5.74, 6) is 0.419. The largest absolute Gasteiger partial charge is 0.493 e. The van der Waals surface area contributed by atoms with Crippen LogP contribution < -0.4 is 10.1 Å². The highest BCUT2D eigenvalue weighted by atomic mass is 16.5. The number of amides is 1. The first kappa shape index (κ1) is 15.1. The smallest absolute Gasteiger partial charge is 0.227 e. The molecule has 0 spiro atoms. The van der Waals surface area contributed by atoms with E-state index in [0.717, 1.165) is 0 Å². The molecule has 0 aromatic heterocycles. The van der Waals surface area contributed by atoms with Crippen LogP contribution in [0.4, 0.5) is 5.69 Å². The molecule has 1 N–H and O–H groups in total. The van der Waals surface area contributed by atoms with Crippen LogP contribution in [-0.2, 0) is 4.79 Å². The number of hydrogen-bond acceptors (Lipinski definition) is 4. The normalized spacial score (nSPS) is 9.36. The van der Waals surface area contributed by atoms with Gasteiger partial charge in [-0.05, 0) is 42.5 Å². The number of rotatable bonds is 5. The minimum Gasteiger partial charge on any atom is -0.493 e. The lowest BCUT2D eigenvalue weighted by Gasteiger charge is -2.07. The molecule has 5 nitrogen and oxygen atoms in total. The van der Waals surface area contributed by atoms with E-state index >= 15 is 0 Å². The van der Waals surface area contributed by atoms with E-state index in [0.29, 0.717) is 22.6 Å². The van der Waals surface area contributed by atoms with Crippen molar-refractivity contribution in [1.29, 1.82) is 10.5 Å². The maximum Gasteiger partial charge on any atom is 0.227 e. The van der Waals surface area contributed by atoms with Crippen molar-refractivity contribution < 1.29 is 9.53 Å². The lowest BCUT2D eigenvalue weighted by molar-refractivity contribution is -0.116. The first-order valence-corrected chi connectivity index (χ1v) is 6.64. The molecule has 0 fully saturated rings. The van der Waals surface area contributed by atoms with Crippen molar-refractivity contribution in [3.63, 3.8) is 0 Å². The van der Waals surface area contributed by atoms with E-state index in [1.54, 1.807) is 48.5 Å². The Hall–Kier alpha value is -3.31. The predicted octanol–water partition coefficient (Wildman–Crippen LogP) is 2.84. The molecule has 0 aliphatic rings. The second-order valence-electron chi connectivity index (χ2n) is 4.48. The van der Waals surface area contributed by atoms with E-state index in [9.17, 15) is 4.79 Å². The molecule has 0 heterocycles. The van der Waals surface area contributed by atoms with Crippen molar-refractivity contribution in [3.8, 4) is 17.9 Å². The van der Waals surface area contributed by atoms with Crippen molar-refractivity contribution in [1.82, 2.24) is 0 Å². The second-order valence-corrected chi connectivity index (χ2v) is 4.48. The molecule has 108 valence electrons. The summed E-state index contributed by atoms with van der Waals surface area (Å²) in [5.41, 5.74) is 1.64. The molecule has 1 amide bonds. The number of ether oxygens (including phenoxy) is 1. The van der Waals surface area contributed by atoms with Gasteiger partial charge in [0.25, 0.3) is 0 Å².